The highest BCUT2D eigenvalue weighted by molar-refractivity contribution is 7.89. The van der Waals surface area contributed by atoms with Gasteiger partial charge in [0, 0.05) is 39.8 Å². The number of methoxy groups -OCH3 is 1. The summed E-state index contributed by atoms with van der Waals surface area (Å²) in [5.74, 6) is -0.173. The molecule has 1 aliphatic rings. The number of rotatable bonds is 7. The molecule has 1 N–H and O–H groups in total. The Morgan fingerprint density at radius 2 is 1.77 bits per heavy atom. The first kappa shape index (κ1) is 20.8. The summed E-state index contributed by atoms with van der Waals surface area (Å²) >= 11 is 0. The summed E-state index contributed by atoms with van der Waals surface area (Å²) in [6, 6.07) is 3.71. The van der Waals surface area contributed by atoms with Crippen molar-refractivity contribution in [1.82, 2.24) is 14.5 Å². The zero-order valence-corrected chi connectivity index (χ0v) is 16.9. The Balaban J connectivity index is 2.31. The fraction of sp³-hybridized carbons (Fsp3) is 0.611. The molecule has 0 bridgehead atoms. The SMILES string of the molecule is COCCN(CC(=O)N1CCNCC1)S(=O)(=O)c1c(C)cc(C)cc1C. The van der Waals surface area contributed by atoms with Gasteiger partial charge in [-0.05, 0) is 31.9 Å². The van der Waals surface area contributed by atoms with E-state index in [1.807, 2.05) is 19.1 Å². The van der Waals surface area contributed by atoms with Gasteiger partial charge in [0.15, 0.2) is 0 Å². The molecular formula is C18H29N3O4S. The summed E-state index contributed by atoms with van der Waals surface area (Å²) in [6.07, 6.45) is 0. The number of carbonyl (C=O) groups is 1. The number of amides is 1. The number of hydrogen-bond donors (Lipinski definition) is 1. The minimum absolute atomic E-state index is 0.142. The Labute approximate surface area is 156 Å². The van der Waals surface area contributed by atoms with Crippen LogP contribution in [-0.2, 0) is 19.6 Å². The molecule has 7 nitrogen and oxygen atoms in total. The van der Waals surface area contributed by atoms with Gasteiger partial charge in [0.05, 0.1) is 18.0 Å². The van der Waals surface area contributed by atoms with Crippen molar-refractivity contribution in [2.24, 2.45) is 0 Å². The lowest BCUT2D eigenvalue weighted by Gasteiger charge is -2.30. The van der Waals surface area contributed by atoms with Gasteiger partial charge in [0.25, 0.3) is 0 Å². The summed E-state index contributed by atoms with van der Waals surface area (Å²) < 4.78 is 32.9. The highest BCUT2D eigenvalue weighted by Gasteiger charge is 2.31. The average Bonchev–Trinajstić information content (AvgIpc) is 2.57. The van der Waals surface area contributed by atoms with Gasteiger partial charge in [-0.3, -0.25) is 4.79 Å². The molecular weight excluding hydrogens is 354 g/mol. The summed E-state index contributed by atoms with van der Waals surface area (Å²) in [6.45, 7) is 8.38. The molecule has 0 unspecified atom stereocenters. The molecule has 1 aromatic rings. The zero-order valence-electron chi connectivity index (χ0n) is 16.0. The number of benzene rings is 1. The summed E-state index contributed by atoms with van der Waals surface area (Å²) in [5, 5.41) is 3.19. The molecule has 1 aliphatic heterocycles. The Kier molecular flexibility index (Phi) is 7.16. The number of nitrogens with one attached hydrogen (secondary N) is 1. The van der Waals surface area contributed by atoms with Crippen LogP contribution in [0.3, 0.4) is 0 Å². The molecule has 2 rings (SSSR count). The van der Waals surface area contributed by atoms with Gasteiger partial charge < -0.3 is 15.0 Å². The van der Waals surface area contributed by atoms with Crippen molar-refractivity contribution in [2.75, 3.05) is 53.0 Å². The smallest absolute Gasteiger partial charge is 0.244 e. The lowest BCUT2D eigenvalue weighted by molar-refractivity contribution is -0.132. The van der Waals surface area contributed by atoms with Crippen LogP contribution in [0.25, 0.3) is 0 Å². The molecule has 0 aromatic heterocycles. The number of sulfonamides is 1. The molecule has 0 aliphatic carbocycles. The normalized spacial score (nSPS) is 15.5. The first-order chi connectivity index (χ1) is 12.3. The second-order valence-corrected chi connectivity index (χ2v) is 8.56. The van der Waals surface area contributed by atoms with E-state index >= 15 is 0 Å². The fourth-order valence-corrected chi connectivity index (χ4v) is 5.13. The van der Waals surface area contributed by atoms with Gasteiger partial charge in [-0.15, -0.1) is 0 Å². The number of aryl methyl sites for hydroxylation is 3. The van der Waals surface area contributed by atoms with E-state index in [4.69, 9.17) is 4.74 Å². The number of hydrogen-bond acceptors (Lipinski definition) is 5. The largest absolute Gasteiger partial charge is 0.383 e. The molecule has 1 amide bonds. The van der Waals surface area contributed by atoms with Gasteiger partial charge in [0.1, 0.15) is 0 Å². The summed E-state index contributed by atoms with van der Waals surface area (Å²) in [4.78, 5) is 14.6. The van der Waals surface area contributed by atoms with Crippen LogP contribution in [0.15, 0.2) is 17.0 Å². The molecule has 0 atom stereocenters. The van der Waals surface area contributed by atoms with Gasteiger partial charge in [-0.1, -0.05) is 17.7 Å². The van der Waals surface area contributed by atoms with E-state index in [0.717, 1.165) is 18.7 Å². The Bertz CT molecular complexity index is 720. The maximum Gasteiger partial charge on any atom is 0.244 e. The van der Waals surface area contributed by atoms with E-state index in [-0.39, 0.29) is 30.5 Å². The number of carbonyl (C=O) groups excluding carboxylic acids is 1. The number of ether oxygens (including phenoxy) is 1. The van der Waals surface area contributed by atoms with E-state index in [1.54, 1.807) is 18.7 Å². The third-order valence-electron chi connectivity index (χ3n) is 4.53. The van der Waals surface area contributed by atoms with Crippen LogP contribution in [0.1, 0.15) is 16.7 Å². The van der Waals surface area contributed by atoms with Gasteiger partial charge >= 0.3 is 0 Å². The van der Waals surface area contributed by atoms with Crippen LogP contribution in [0.5, 0.6) is 0 Å². The Morgan fingerprint density at radius 3 is 2.31 bits per heavy atom. The minimum Gasteiger partial charge on any atom is -0.383 e. The van der Waals surface area contributed by atoms with Crippen molar-refractivity contribution in [2.45, 2.75) is 25.7 Å². The molecule has 146 valence electrons. The molecule has 26 heavy (non-hydrogen) atoms. The number of nitrogens with zero attached hydrogens (tertiary/aromatic N) is 2. The standard InChI is InChI=1S/C18H29N3O4S/c1-14-11-15(2)18(16(3)12-14)26(23,24)21(9-10-25-4)13-17(22)20-7-5-19-6-8-20/h11-12,19H,5-10,13H2,1-4H3. The molecule has 0 radical (unpaired) electrons. The van der Waals surface area contributed by atoms with Gasteiger partial charge in [-0.25, -0.2) is 8.42 Å². The van der Waals surface area contributed by atoms with Crippen LogP contribution in [-0.4, -0.2) is 76.5 Å². The summed E-state index contributed by atoms with van der Waals surface area (Å²) in [7, 11) is -2.28. The first-order valence-corrected chi connectivity index (χ1v) is 10.3. The summed E-state index contributed by atoms with van der Waals surface area (Å²) in [5.41, 5.74) is 2.40. The van der Waals surface area contributed by atoms with E-state index in [2.05, 4.69) is 5.32 Å². The highest BCUT2D eigenvalue weighted by Crippen LogP contribution is 2.25. The number of piperazine rings is 1. The molecule has 1 aromatic carbocycles. The van der Waals surface area contributed by atoms with Crippen molar-refractivity contribution in [3.63, 3.8) is 0 Å². The first-order valence-electron chi connectivity index (χ1n) is 8.82. The molecule has 0 saturated carbocycles. The van der Waals surface area contributed by atoms with Crippen molar-refractivity contribution >= 4 is 15.9 Å². The maximum absolute atomic E-state index is 13.3. The maximum atomic E-state index is 13.3. The van der Waals surface area contributed by atoms with E-state index in [0.29, 0.717) is 24.2 Å². The van der Waals surface area contributed by atoms with E-state index in [9.17, 15) is 13.2 Å². The van der Waals surface area contributed by atoms with Crippen LogP contribution in [0.2, 0.25) is 0 Å². The minimum atomic E-state index is -3.79. The second-order valence-electron chi connectivity index (χ2n) is 6.69. The lowest BCUT2D eigenvalue weighted by Crippen LogP contribution is -2.50. The van der Waals surface area contributed by atoms with Crippen molar-refractivity contribution in [3.05, 3.63) is 28.8 Å². The quantitative estimate of drug-likeness (QED) is 0.749. The van der Waals surface area contributed by atoms with E-state index in [1.165, 1.54) is 11.4 Å². The monoisotopic (exact) mass is 383 g/mol. The zero-order chi connectivity index (χ0) is 19.3. The molecule has 1 fully saturated rings. The van der Waals surface area contributed by atoms with Crippen LogP contribution >= 0.6 is 0 Å². The highest BCUT2D eigenvalue weighted by atomic mass is 32.2. The third kappa shape index (κ3) is 4.82. The molecule has 8 heteroatoms. The molecule has 0 spiro atoms. The Morgan fingerprint density at radius 1 is 1.19 bits per heavy atom. The predicted octanol–water partition coefficient (Wildman–Crippen LogP) is 0.681. The van der Waals surface area contributed by atoms with Crippen molar-refractivity contribution in [3.8, 4) is 0 Å². The Hall–Kier alpha value is -1.48. The molecule has 1 heterocycles. The topological polar surface area (TPSA) is 79.0 Å². The van der Waals surface area contributed by atoms with Crippen LogP contribution in [0, 0.1) is 20.8 Å². The lowest BCUT2D eigenvalue weighted by atomic mass is 10.1. The fourth-order valence-electron chi connectivity index (χ4n) is 3.35. The van der Waals surface area contributed by atoms with E-state index < -0.39 is 10.0 Å². The average molecular weight is 384 g/mol. The van der Waals surface area contributed by atoms with Crippen molar-refractivity contribution < 1.29 is 17.9 Å². The van der Waals surface area contributed by atoms with Crippen LogP contribution in [0.4, 0.5) is 0 Å². The third-order valence-corrected chi connectivity index (χ3v) is 6.68. The predicted molar refractivity (Wildman–Crippen MR) is 101 cm³/mol. The van der Waals surface area contributed by atoms with Gasteiger partial charge in [0.2, 0.25) is 15.9 Å². The molecule has 1 saturated heterocycles. The van der Waals surface area contributed by atoms with Crippen molar-refractivity contribution in [1.29, 1.82) is 0 Å². The second kappa shape index (κ2) is 8.94. The van der Waals surface area contributed by atoms with Gasteiger partial charge in [-0.2, -0.15) is 4.31 Å². The van der Waals surface area contributed by atoms with Crippen LogP contribution < -0.4 is 5.32 Å².